The van der Waals surface area contributed by atoms with Gasteiger partial charge in [0.05, 0.1) is 22.0 Å². The van der Waals surface area contributed by atoms with E-state index in [4.69, 9.17) is 9.15 Å². The van der Waals surface area contributed by atoms with Crippen LogP contribution in [0.5, 0.6) is 5.75 Å². The Kier molecular flexibility index (Phi) is 6.58. The van der Waals surface area contributed by atoms with Crippen molar-refractivity contribution in [2.45, 2.75) is 13.5 Å². The Morgan fingerprint density at radius 3 is 2.59 bits per heavy atom. The third kappa shape index (κ3) is 5.20. The lowest BCUT2D eigenvalue weighted by Crippen LogP contribution is -2.18. The molecule has 2 heterocycles. The van der Waals surface area contributed by atoms with Gasteiger partial charge in [0.25, 0.3) is 5.91 Å². The zero-order chi connectivity index (χ0) is 24.5. The number of hydrogen-bond donors (Lipinski definition) is 2. The lowest BCUT2D eigenvalue weighted by atomic mass is 10.0. The molecule has 0 fully saturated rings. The number of benzene rings is 2. The summed E-state index contributed by atoms with van der Waals surface area (Å²) in [6.07, 6.45) is 1.11. The molecule has 0 saturated carbocycles. The second kappa shape index (κ2) is 9.43. The van der Waals surface area contributed by atoms with E-state index in [1.807, 2.05) is 12.3 Å². The van der Waals surface area contributed by atoms with Gasteiger partial charge in [-0.15, -0.1) is 11.3 Å². The first-order chi connectivity index (χ1) is 16.1. The molecule has 2 aromatic heterocycles. The number of fused-ring (bicyclic) bond motifs is 1. The molecule has 0 unspecified atom stereocenters. The van der Waals surface area contributed by atoms with E-state index in [0.717, 1.165) is 17.0 Å². The number of nitrogens with zero attached hydrogens (tertiary/aromatic N) is 1. The fourth-order valence-corrected chi connectivity index (χ4v) is 4.39. The highest BCUT2D eigenvalue weighted by atomic mass is 32.2. The number of carbonyl (C=O) groups is 1. The lowest BCUT2D eigenvalue weighted by Gasteiger charge is -2.13. The van der Waals surface area contributed by atoms with Crippen LogP contribution in [-0.4, -0.2) is 38.5 Å². The van der Waals surface area contributed by atoms with Crippen molar-refractivity contribution in [1.82, 2.24) is 10.3 Å². The van der Waals surface area contributed by atoms with E-state index in [-0.39, 0.29) is 23.8 Å². The van der Waals surface area contributed by atoms with E-state index in [9.17, 15) is 17.6 Å². The van der Waals surface area contributed by atoms with Crippen molar-refractivity contribution < 1.29 is 26.8 Å². The molecule has 11 heteroatoms. The number of halogens is 1. The Balaban J connectivity index is 1.84. The summed E-state index contributed by atoms with van der Waals surface area (Å²) in [6, 6.07) is 8.80. The predicted molar refractivity (Wildman–Crippen MR) is 130 cm³/mol. The Morgan fingerprint density at radius 1 is 1.24 bits per heavy atom. The Bertz CT molecular complexity index is 1460. The van der Waals surface area contributed by atoms with Gasteiger partial charge in [0.15, 0.2) is 9.84 Å². The van der Waals surface area contributed by atoms with Gasteiger partial charge >= 0.3 is 0 Å². The highest BCUT2D eigenvalue weighted by molar-refractivity contribution is 7.90. The minimum Gasteiger partial charge on any atom is -0.485 e. The Labute approximate surface area is 199 Å². The fraction of sp³-hybridized carbons (Fsp3) is 0.217. The molecule has 0 spiro atoms. The molecule has 8 nitrogen and oxygen atoms in total. The number of anilines is 1. The molecule has 0 aliphatic rings. The number of rotatable bonds is 8. The van der Waals surface area contributed by atoms with Crippen molar-refractivity contribution in [2.75, 3.05) is 24.5 Å². The molecular formula is C23H22FN3O5S2. The van der Waals surface area contributed by atoms with Gasteiger partial charge in [0.2, 0.25) is 0 Å². The molecule has 0 saturated heterocycles. The summed E-state index contributed by atoms with van der Waals surface area (Å²) < 4.78 is 48.9. The third-order valence-corrected chi connectivity index (χ3v) is 6.41. The van der Waals surface area contributed by atoms with Crippen LogP contribution < -0.4 is 15.4 Å². The average molecular weight is 504 g/mol. The molecule has 34 heavy (non-hydrogen) atoms. The number of nitrogens with one attached hydrogen (secondary N) is 2. The highest BCUT2D eigenvalue weighted by Gasteiger charge is 2.24. The first-order valence-corrected chi connectivity index (χ1v) is 13.1. The first kappa shape index (κ1) is 23.7. The minimum absolute atomic E-state index is 0.154. The molecule has 4 aromatic rings. The number of aromatic nitrogens is 1. The largest absolute Gasteiger partial charge is 0.485 e. The van der Waals surface area contributed by atoms with Crippen molar-refractivity contribution in [2.24, 2.45) is 0 Å². The molecule has 2 aromatic carbocycles. The number of carbonyl (C=O) groups excluding carboxylic acids is 1. The Morgan fingerprint density at radius 2 is 1.97 bits per heavy atom. The van der Waals surface area contributed by atoms with Crippen molar-refractivity contribution in [3.63, 3.8) is 0 Å². The van der Waals surface area contributed by atoms with E-state index in [1.54, 1.807) is 12.1 Å². The molecule has 0 bridgehead atoms. The number of thiazole rings is 1. The summed E-state index contributed by atoms with van der Waals surface area (Å²) in [6.45, 7) is 2.04. The summed E-state index contributed by atoms with van der Waals surface area (Å²) in [7, 11) is -1.83. The molecule has 178 valence electrons. The summed E-state index contributed by atoms with van der Waals surface area (Å²) in [5.74, 6) is -0.537. The van der Waals surface area contributed by atoms with Crippen molar-refractivity contribution in [1.29, 1.82) is 0 Å². The zero-order valence-corrected chi connectivity index (χ0v) is 20.3. The number of aryl methyl sites for hydroxylation is 1. The fourth-order valence-electron chi connectivity index (χ4n) is 3.37. The smallest absolute Gasteiger partial charge is 0.255 e. The second-order valence-corrected chi connectivity index (χ2v) is 10.8. The van der Waals surface area contributed by atoms with E-state index < -0.39 is 21.6 Å². The van der Waals surface area contributed by atoms with Gasteiger partial charge in [-0.25, -0.2) is 17.8 Å². The van der Waals surface area contributed by atoms with Crippen molar-refractivity contribution in [3.05, 3.63) is 63.9 Å². The SMILES string of the molecule is CNC(=O)c1c(-c2ccc(F)cc2)oc2cc(NCS(C)(=O)=O)c(OCc3csc(C)n3)cc12. The number of hydrogen-bond acceptors (Lipinski definition) is 8. The van der Waals surface area contributed by atoms with Crippen LogP contribution in [0, 0.1) is 12.7 Å². The molecule has 0 aliphatic heterocycles. The monoisotopic (exact) mass is 503 g/mol. The third-order valence-electron chi connectivity index (χ3n) is 4.92. The molecule has 2 N–H and O–H groups in total. The minimum atomic E-state index is -3.33. The predicted octanol–water partition coefficient (Wildman–Crippen LogP) is 4.36. The molecule has 1 amide bonds. The number of amides is 1. The van der Waals surface area contributed by atoms with E-state index >= 15 is 0 Å². The van der Waals surface area contributed by atoms with Gasteiger partial charge < -0.3 is 19.8 Å². The summed E-state index contributed by atoms with van der Waals surface area (Å²) in [5.41, 5.74) is 2.22. The zero-order valence-electron chi connectivity index (χ0n) is 18.6. The topological polar surface area (TPSA) is 111 Å². The quantitative estimate of drug-likeness (QED) is 0.368. The van der Waals surface area contributed by atoms with E-state index in [1.165, 1.54) is 42.6 Å². The molecule has 0 radical (unpaired) electrons. The van der Waals surface area contributed by atoms with Gasteiger partial charge in [-0.2, -0.15) is 0 Å². The molecular weight excluding hydrogens is 481 g/mol. The summed E-state index contributed by atoms with van der Waals surface area (Å²) in [5, 5.41) is 8.70. The summed E-state index contributed by atoms with van der Waals surface area (Å²) >= 11 is 1.49. The maximum absolute atomic E-state index is 13.5. The first-order valence-electron chi connectivity index (χ1n) is 10.2. The van der Waals surface area contributed by atoms with Crippen LogP contribution in [0.1, 0.15) is 21.1 Å². The number of furan rings is 1. The van der Waals surface area contributed by atoms with Gasteiger partial charge in [0, 0.05) is 35.7 Å². The summed E-state index contributed by atoms with van der Waals surface area (Å²) in [4.78, 5) is 17.2. The van der Waals surface area contributed by atoms with Crippen LogP contribution in [0.4, 0.5) is 10.1 Å². The molecule has 4 rings (SSSR count). The van der Waals surface area contributed by atoms with E-state index in [2.05, 4.69) is 15.6 Å². The van der Waals surface area contributed by atoms with Crippen LogP contribution in [0.2, 0.25) is 0 Å². The number of sulfone groups is 1. The van der Waals surface area contributed by atoms with Crippen LogP contribution >= 0.6 is 11.3 Å². The normalized spacial score (nSPS) is 11.5. The van der Waals surface area contributed by atoms with Crippen LogP contribution in [-0.2, 0) is 16.4 Å². The van der Waals surface area contributed by atoms with Gasteiger partial charge in [-0.3, -0.25) is 4.79 Å². The Hall–Kier alpha value is -3.44. The van der Waals surface area contributed by atoms with Crippen LogP contribution in [0.3, 0.4) is 0 Å². The standard InChI is InChI=1S/C23H22FN3O5S2/c1-13-27-16(11-33-13)10-31-20-8-17-19(9-18(20)26-12-34(3,29)30)32-22(21(17)23(28)25-2)14-4-6-15(24)7-5-14/h4-9,11,26H,10,12H2,1-3H3,(H,25,28). The lowest BCUT2D eigenvalue weighted by molar-refractivity contribution is 0.0964. The number of ether oxygens (including phenoxy) is 1. The van der Waals surface area contributed by atoms with Crippen LogP contribution in [0.25, 0.3) is 22.3 Å². The highest BCUT2D eigenvalue weighted by Crippen LogP contribution is 2.39. The van der Waals surface area contributed by atoms with Crippen molar-refractivity contribution >= 4 is 43.7 Å². The maximum Gasteiger partial charge on any atom is 0.255 e. The van der Waals surface area contributed by atoms with E-state index in [0.29, 0.717) is 28.0 Å². The van der Waals surface area contributed by atoms with Gasteiger partial charge in [-0.05, 0) is 37.3 Å². The van der Waals surface area contributed by atoms with Gasteiger partial charge in [0.1, 0.15) is 35.4 Å². The van der Waals surface area contributed by atoms with Crippen molar-refractivity contribution in [3.8, 4) is 17.1 Å². The van der Waals surface area contributed by atoms with Crippen LogP contribution in [0.15, 0.2) is 46.2 Å². The average Bonchev–Trinajstić information content (AvgIpc) is 3.38. The van der Waals surface area contributed by atoms with Gasteiger partial charge in [-0.1, -0.05) is 0 Å². The maximum atomic E-state index is 13.5. The molecule has 0 atom stereocenters. The molecule has 0 aliphatic carbocycles. The second-order valence-electron chi connectivity index (χ2n) is 7.63.